The minimum absolute atomic E-state index is 0.113. The topological polar surface area (TPSA) is 97.2 Å². The van der Waals surface area contributed by atoms with E-state index in [1.807, 2.05) is 4.57 Å². The summed E-state index contributed by atoms with van der Waals surface area (Å²) in [6, 6.07) is 1.55. The molecule has 2 heterocycles. The molecule has 1 aliphatic carbocycles. The molecule has 0 amide bonds. The van der Waals surface area contributed by atoms with Gasteiger partial charge >= 0.3 is 0 Å². The molecule has 0 radical (unpaired) electrons. The van der Waals surface area contributed by atoms with Crippen molar-refractivity contribution < 1.29 is 10.2 Å². The summed E-state index contributed by atoms with van der Waals surface area (Å²) in [4.78, 5) is 8.20. The molecule has 4 N–H and O–H groups in total. The summed E-state index contributed by atoms with van der Waals surface area (Å²) < 4.78 is 1.84. The predicted molar refractivity (Wildman–Crippen MR) is 71.8 cm³/mol. The van der Waals surface area contributed by atoms with Crippen LogP contribution in [0.25, 0.3) is 11.0 Å². The highest BCUT2D eigenvalue weighted by atomic mass is 35.5. The van der Waals surface area contributed by atoms with Crippen molar-refractivity contribution in [2.75, 3.05) is 11.6 Å². The molecule has 0 aliphatic heterocycles. The maximum Gasteiger partial charge on any atom is 0.151 e. The maximum absolute atomic E-state index is 10.2. The van der Waals surface area contributed by atoms with Crippen LogP contribution in [-0.4, -0.2) is 42.8 Å². The third kappa shape index (κ3) is 1.87. The summed E-state index contributed by atoms with van der Waals surface area (Å²) in [5, 5.41) is 20.1. The number of alkyl halides is 1. The molecular weight excluding hydrogens is 268 g/mol. The molecule has 0 saturated heterocycles. The standard InChI is InChI=1S/C12H15ClN4O2/c13-4-6-3-8(11(19)10(6)18)17-5-16-9-7(17)1-2-15-12(9)14/h1-2,5-6,8,10-11,18-19H,3-4H2,(H2,14,15)/t6-,8-,10-,11+/m1/s1. The zero-order chi connectivity index (χ0) is 13.6. The van der Waals surface area contributed by atoms with E-state index in [0.717, 1.165) is 5.52 Å². The number of halogens is 1. The van der Waals surface area contributed by atoms with Crippen LogP contribution in [0.5, 0.6) is 0 Å². The number of aliphatic hydroxyl groups is 2. The van der Waals surface area contributed by atoms with Gasteiger partial charge in [0, 0.05) is 18.0 Å². The average molecular weight is 283 g/mol. The van der Waals surface area contributed by atoms with Gasteiger partial charge in [0.25, 0.3) is 0 Å². The monoisotopic (exact) mass is 282 g/mol. The number of nitrogen functional groups attached to an aromatic ring is 1. The number of anilines is 1. The first-order chi connectivity index (χ1) is 9.13. The van der Waals surface area contributed by atoms with Gasteiger partial charge in [-0.15, -0.1) is 11.6 Å². The summed E-state index contributed by atoms with van der Waals surface area (Å²) in [6.45, 7) is 0. The minimum Gasteiger partial charge on any atom is -0.390 e. The van der Waals surface area contributed by atoms with Gasteiger partial charge in [-0.2, -0.15) is 0 Å². The quantitative estimate of drug-likeness (QED) is 0.698. The lowest BCUT2D eigenvalue weighted by molar-refractivity contribution is 0.0102. The molecule has 0 spiro atoms. The van der Waals surface area contributed by atoms with Gasteiger partial charge in [-0.1, -0.05) is 0 Å². The Morgan fingerprint density at radius 2 is 2.16 bits per heavy atom. The Kier molecular flexibility index (Phi) is 3.08. The highest BCUT2D eigenvalue weighted by Gasteiger charge is 2.42. The highest BCUT2D eigenvalue weighted by molar-refractivity contribution is 6.18. The van der Waals surface area contributed by atoms with Crippen molar-refractivity contribution in [3.8, 4) is 0 Å². The van der Waals surface area contributed by atoms with Gasteiger partial charge in [0.15, 0.2) is 5.82 Å². The molecule has 0 bridgehead atoms. The Hall–Kier alpha value is -1.37. The number of fused-ring (bicyclic) bond motifs is 1. The predicted octanol–water partition coefficient (Wildman–Crippen LogP) is 0.535. The number of nitrogens with zero attached hydrogens (tertiary/aromatic N) is 3. The molecule has 19 heavy (non-hydrogen) atoms. The molecule has 1 saturated carbocycles. The Balaban J connectivity index is 2.04. The van der Waals surface area contributed by atoms with E-state index >= 15 is 0 Å². The van der Waals surface area contributed by atoms with Gasteiger partial charge in [0.1, 0.15) is 11.6 Å². The molecule has 1 aliphatic rings. The molecule has 0 unspecified atom stereocenters. The second kappa shape index (κ2) is 4.63. The van der Waals surface area contributed by atoms with Crippen molar-refractivity contribution in [1.29, 1.82) is 0 Å². The SMILES string of the molecule is Nc1nccc2c1ncn2[C@@H]1C[C@H](CCl)[C@@H](O)[C@H]1O. The summed E-state index contributed by atoms with van der Waals surface area (Å²) in [5.41, 5.74) is 7.18. The maximum atomic E-state index is 10.2. The van der Waals surface area contributed by atoms with Crippen LogP contribution >= 0.6 is 11.6 Å². The van der Waals surface area contributed by atoms with Crippen LogP contribution in [0.15, 0.2) is 18.6 Å². The van der Waals surface area contributed by atoms with Gasteiger partial charge in [-0.05, 0) is 12.5 Å². The van der Waals surface area contributed by atoms with Gasteiger partial charge in [-0.25, -0.2) is 9.97 Å². The van der Waals surface area contributed by atoms with Crippen LogP contribution in [0.4, 0.5) is 5.82 Å². The summed E-state index contributed by atoms with van der Waals surface area (Å²) in [5.74, 6) is 0.571. The molecule has 6 nitrogen and oxygen atoms in total. The third-order valence-corrected chi connectivity index (χ3v) is 4.24. The van der Waals surface area contributed by atoms with Crippen LogP contribution < -0.4 is 5.73 Å². The van der Waals surface area contributed by atoms with Crippen LogP contribution in [0.3, 0.4) is 0 Å². The van der Waals surface area contributed by atoms with Crippen LogP contribution in [0.2, 0.25) is 0 Å². The summed E-state index contributed by atoms with van der Waals surface area (Å²) in [7, 11) is 0. The van der Waals surface area contributed by atoms with E-state index in [0.29, 0.717) is 23.6 Å². The number of aliphatic hydroxyl groups excluding tert-OH is 2. The molecule has 2 aromatic heterocycles. The van der Waals surface area contributed by atoms with Crippen molar-refractivity contribution in [1.82, 2.24) is 14.5 Å². The van der Waals surface area contributed by atoms with E-state index in [2.05, 4.69) is 9.97 Å². The number of aromatic nitrogens is 3. The van der Waals surface area contributed by atoms with Crippen molar-refractivity contribution in [2.45, 2.75) is 24.7 Å². The van der Waals surface area contributed by atoms with Crippen LogP contribution in [0, 0.1) is 5.92 Å². The number of nitrogens with two attached hydrogens (primary N) is 1. The number of pyridine rings is 1. The molecule has 102 valence electrons. The van der Waals surface area contributed by atoms with Crippen molar-refractivity contribution in [3.05, 3.63) is 18.6 Å². The Bertz CT molecular complexity index is 602. The summed E-state index contributed by atoms with van der Waals surface area (Å²) >= 11 is 5.81. The largest absolute Gasteiger partial charge is 0.390 e. The van der Waals surface area contributed by atoms with E-state index in [1.165, 1.54) is 0 Å². The Morgan fingerprint density at radius 3 is 2.84 bits per heavy atom. The summed E-state index contributed by atoms with van der Waals surface area (Å²) in [6.07, 6.45) is 2.18. The van der Waals surface area contributed by atoms with Gasteiger partial charge in [0.2, 0.25) is 0 Å². The van der Waals surface area contributed by atoms with Gasteiger partial charge < -0.3 is 20.5 Å². The first-order valence-electron chi connectivity index (χ1n) is 6.12. The fourth-order valence-corrected chi connectivity index (χ4v) is 3.08. The van der Waals surface area contributed by atoms with Crippen LogP contribution in [0.1, 0.15) is 12.5 Å². The first-order valence-corrected chi connectivity index (χ1v) is 6.66. The minimum atomic E-state index is -0.851. The number of hydrogen-bond donors (Lipinski definition) is 3. The normalized spacial score (nSPS) is 31.1. The van der Waals surface area contributed by atoms with E-state index in [-0.39, 0.29) is 12.0 Å². The van der Waals surface area contributed by atoms with E-state index in [4.69, 9.17) is 17.3 Å². The zero-order valence-corrected chi connectivity index (χ0v) is 10.9. The number of imidazole rings is 1. The molecule has 0 aromatic carbocycles. The lowest BCUT2D eigenvalue weighted by Crippen LogP contribution is -2.29. The second-order valence-corrected chi connectivity index (χ2v) is 5.22. The Morgan fingerprint density at radius 1 is 1.37 bits per heavy atom. The Labute approximate surface area is 114 Å². The van der Waals surface area contributed by atoms with E-state index < -0.39 is 12.2 Å². The lowest BCUT2D eigenvalue weighted by Gasteiger charge is -2.18. The molecule has 4 atom stereocenters. The number of rotatable bonds is 2. The zero-order valence-electron chi connectivity index (χ0n) is 10.1. The third-order valence-electron chi connectivity index (χ3n) is 3.85. The second-order valence-electron chi connectivity index (χ2n) is 4.91. The molecule has 1 fully saturated rings. The highest BCUT2D eigenvalue weighted by Crippen LogP contribution is 2.37. The van der Waals surface area contributed by atoms with Crippen molar-refractivity contribution in [2.24, 2.45) is 5.92 Å². The first kappa shape index (κ1) is 12.7. The van der Waals surface area contributed by atoms with E-state index in [1.54, 1.807) is 18.6 Å². The fraction of sp³-hybridized carbons (Fsp3) is 0.500. The smallest absolute Gasteiger partial charge is 0.151 e. The van der Waals surface area contributed by atoms with Gasteiger partial charge in [0.05, 0.1) is 24.0 Å². The van der Waals surface area contributed by atoms with E-state index in [9.17, 15) is 10.2 Å². The fourth-order valence-electron chi connectivity index (χ4n) is 2.77. The number of hydrogen-bond acceptors (Lipinski definition) is 5. The lowest BCUT2D eigenvalue weighted by atomic mass is 10.1. The average Bonchev–Trinajstić information content (AvgIpc) is 2.94. The van der Waals surface area contributed by atoms with Gasteiger partial charge in [-0.3, -0.25) is 0 Å². The molecule has 3 rings (SSSR count). The molecule has 7 heteroatoms. The van der Waals surface area contributed by atoms with Crippen molar-refractivity contribution >= 4 is 28.5 Å². The molecule has 2 aromatic rings. The van der Waals surface area contributed by atoms with Crippen LogP contribution in [-0.2, 0) is 0 Å². The molecular formula is C12H15ClN4O2. The van der Waals surface area contributed by atoms with Crippen molar-refractivity contribution in [3.63, 3.8) is 0 Å².